The molecule has 6 nitrogen and oxygen atoms in total. The molecule has 1 unspecified atom stereocenters. The van der Waals surface area contributed by atoms with Gasteiger partial charge in [-0.25, -0.2) is 18.0 Å². The number of esters is 1. The number of carbonyl (C=O) groups excluding carboxylic acids is 1. The Morgan fingerprint density at radius 3 is 2.59 bits per heavy atom. The lowest BCUT2D eigenvalue weighted by Crippen LogP contribution is -2.25. The first-order valence-electron chi connectivity index (χ1n) is 9.58. The summed E-state index contributed by atoms with van der Waals surface area (Å²) in [6.45, 7) is 2.79. The van der Waals surface area contributed by atoms with Crippen molar-refractivity contribution in [2.45, 2.75) is 26.4 Å². The highest BCUT2D eigenvalue weighted by atomic mass is 19.1. The highest BCUT2D eigenvalue weighted by Gasteiger charge is 2.36. The number of carbonyl (C=O) groups is 1. The Balaban J connectivity index is 1.94. The SMILES string of the molecule is CCOC(=O)C1=C(C)OC(N)=C(C#N)C1c1ccc(OCc2cc(F)ccc2F)c(F)c1. The van der Waals surface area contributed by atoms with Crippen LogP contribution in [0.25, 0.3) is 0 Å². The number of nitriles is 1. The van der Waals surface area contributed by atoms with Gasteiger partial charge in [-0.3, -0.25) is 0 Å². The van der Waals surface area contributed by atoms with Crippen LogP contribution in [0.15, 0.2) is 59.2 Å². The summed E-state index contributed by atoms with van der Waals surface area (Å²) in [5.74, 6) is -4.21. The predicted molar refractivity (Wildman–Crippen MR) is 107 cm³/mol. The molecule has 1 aliphatic rings. The maximum atomic E-state index is 14.8. The lowest BCUT2D eigenvalue weighted by molar-refractivity contribution is -0.139. The molecular formula is C23H19F3N2O4. The summed E-state index contributed by atoms with van der Waals surface area (Å²) in [6, 6.07) is 8.54. The van der Waals surface area contributed by atoms with Crippen LogP contribution < -0.4 is 10.5 Å². The first-order chi connectivity index (χ1) is 15.3. The van der Waals surface area contributed by atoms with Gasteiger partial charge in [0.15, 0.2) is 11.6 Å². The Kier molecular flexibility index (Phi) is 6.73. The van der Waals surface area contributed by atoms with Gasteiger partial charge in [0.25, 0.3) is 0 Å². The monoisotopic (exact) mass is 444 g/mol. The van der Waals surface area contributed by atoms with E-state index in [-0.39, 0.29) is 46.3 Å². The fraction of sp³-hybridized carbons (Fsp3) is 0.217. The van der Waals surface area contributed by atoms with Crippen molar-refractivity contribution in [1.29, 1.82) is 5.26 Å². The summed E-state index contributed by atoms with van der Waals surface area (Å²) >= 11 is 0. The van der Waals surface area contributed by atoms with E-state index >= 15 is 0 Å². The second-order valence-corrected chi connectivity index (χ2v) is 6.83. The molecule has 1 atom stereocenters. The molecule has 0 fully saturated rings. The van der Waals surface area contributed by atoms with Crippen LogP contribution >= 0.6 is 0 Å². The summed E-state index contributed by atoms with van der Waals surface area (Å²) in [5, 5.41) is 9.56. The number of hydrogen-bond acceptors (Lipinski definition) is 6. The molecule has 2 aromatic rings. The smallest absolute Gasteiger partial charge is 0.338 e. The van der Waals surface area contributed by atoms with Gasteiger partial charge in [0.05, 0.1) is 18.1 Å². The third-order valence-electron chi connectivity index (χ3n) is 4.78. The highest BCUT2D eigenvalue weighted by Crippen LogP contribution is 2.40. The molecule has 2 N–H and O–H groups in total. The lowest BCUT2D eigenvalue weighted by Gasteiger charge is -2.27. The van der Waals surface area contributed by atoms with Crippen molar-refractivity contribution in [1.82, 2.24) is 0 Å². The Hall–Kier alpha value is -3.93. The van der Waals surface area contributed by atoms with Crippen molar-refractivity contribution in [3.8, 4) is 11.8 Å². The standard InChI is InChI=1S/C23H19F3N2O4/c1-3-30-23(29)20-12(2)32-22(28)16(10-27)21(20)13-4-7-19(18(26)9-13)31-11-14-8-15(24)5-6-17(14)25/h4-9,21H,3,11,28H2,1-2H3. The molecule has 0 aliphatic carbocycles. The minimum atomic E-state index is -1.02. The normalized spacial score (nSPS) is 15.8. The number of halogens is 3. The van der Waals surface area contributed by atoms with E-state index in [0.717, 1.165) is 24.3 Å². The molecule has 0 saturated heterocycles. The molecule has 3 rings (SSSR count). The molecule has 0 aromatic heterocycles. The zero-order valence-electron chi connectivity index (χ0n) is 17.2. The molecule has 0 spiro atoms. The Morgan fingerprint density at radius 2 is 1.94 bits per heavy atom. The predicted octanol–water partition coefficient (Wildman–Crippen LogP) is 4.33. The van der Waals surface area contributed by atoms with Gasteiger partial charge in [0, 0.05) is 5.56 Å². The maximum absolute atomic E-state index is 14.8. The molecule has 0 radical (unpaired) electrons. The van der Waals surface area contributed by atoms with Gasteiger partial charge in [0.1, 0.15) is 35.6 Å². The average molecular weight is 444 g/mol. The van der Waals surface area contributed by atoms with Gasteiger partial charge in [-0.2, -0.15) is 5.26 Å². The molecule has 0 saturated carbocycles. The zero-order chi connectivity index (χ0) is 23.4. The minimum Gasteiger partial charge on any atom is -0.486 e. The Bertz CT molecular complexity index is 1170. The van der Waals surface area contributed by atoms with Crippen molar-refractivity contribution in [2.24, 2.45) is 5.73 Å². The third kappa shape index (κ3) is 4.54. The summed E-state index contributed by atoms with van der Waals surface area (Å²) in [6.07, 6.45) is 0. The summed E-state index contributed by atoms with van der Waals surface area (Å²) in [5.41, 5.74) is 5.91. The van der Waals surface area contributed by atoms with Gasteiger partial charge < -0.3 is 19.9 Å². The van der Waals surface area contributed by atoms with Crippen LogP contribution in [0.3, 0.4) is 0 Å². The Morgan fingerprint density at radius 1 is 1.19 bits per heavy atom. The summed E-state index contributed by atoms with van der Waals surface area (Å²) < 4.78 is 57.6. The molecular weight excluding hydrogens is 425 g/mol. The van der Waals surface area contributed by atoms with Crippen molar-refractivity contribution in [3.05, 3.63) is 87.8 Å². The number of ether oxygens (including phenoxy) is 3. The highest BCUT2D eigenvalue weighted by molar-refractivity contribution is 5.92. The zero-order valence-corrected chi connectivity index (χ0v) is 17.2. The van der Waals surface area contributed by atoms with Crippen LogP contribution in [0.5, 0.6) is 5.75 Å². The fourth-order valence-corrected chi connectivity index (χ4v) is 3.31. The van der Waals surface area contributed by atoms with Gasteiger partial charge in [-0.1, -0.05) is 6.07 Å². The first-order valence-corrected chi connectivity index (χ1v) is 9.58. The van der Waals surface area contributed by atoms with Crippen molar-refractivity contribution in [3.63, 3.8) is 0 Å². The van der Waals surface area contributed by atoms with Crippen LogP contribution in [0.1, 0.15) is 30.9 Å². The number of nitrogens with zero attached hydrogens (tertiary/aromatic N) is 1. The molecule has 0 bridgehead atoms. The van der Waals surface area contributed by atoms with E-state index in [2.05, 4.69) is 0 Å². The first kappa shape index (κ1) is 22.7. The second-order valence-electron chi connectivity index (χ2n) is 6.83. The van der Waals surface area contributed by atoms with E-state index in [1.54, 1.807) is 6.92 Å². The number of hydrogen-bond donors (Lipinski definition) is 1. The van der Waals surface area contributed by atoms with Gasteiger partial charge in [-0.15, -0.1) is 0 Å². The quantitative estimate of drug-likeness (QED) is 0.667. The molecule has 2 aromatic carbocycles. The maximum Gasteiger partial charge on any atom is 0.338 e. The number of allylic oxidation sites excluding steroid dienone is 2. The molecule has 0 amide bonds. The van der Waals surface area contributed by atoms with Crippen LogP contribution in [-0.4, -0.2) is 12.6 Å². The number of nitrogens with two attached hydrogens (primary N) is 1. The van der Waals surface area contributed by atoms with E-state index in [1.165, 1.54) is 19.1 Å². The molecule has 166 valence electrons. The minimum absolute atomic E-state index is 0.0208. The van der Waals surface area contributed by atoms with Crippen LogP contribution in [0.2, 0.25) is 0 Å². The van der Waals surface area contributed by atoms with Crippen molar-refractivity contribution >= 4 is 5.97 Å². The largest absolute Gasteiger partial charge is 0.486 e. The van der Waals surface area contributed by atoms with E-state index in [9.17, 15) is 23.2 Å². The molecule has 32 heavy (non-hydrogen) atoms. The van der Waals surface area contributed by atoms with Crippen molar-refractivity contribution in [2.75, 3.05) is 6.61 Å². The molecule has 1 heterocycles. The number of benzene rings is 2. The number of rotatable bonds is 6. The lowest BCUT2D eigenvalue weighted by atomic mass is 9.83. The summed E-state index contributed by atoms with van der Waals surface area (Å²) in [7, 11) is 0. The van der Waals surface area contributed by atoms with E-state index in [1.807, 2.05) is 6.07 Å². The van der Waals surface area contributed by atoms with Crippen molar-refractivity contribution < 1.29 is 32.2 Å². The molecule has 1 aliphatic heterocycles. The fourth-order valence-electron chi connectivity index (χ4n) is 3.31. The third-order valence-corrected chi connectivity index (χ3v) is 4.78. The Labute approximate surface area is 182 Å². The van der Waals surface area contributed by atoms with E-state index < -0.39 is 35.9 Å². The molecule has 9 heteroatoms. The topological polar surface area (TPSA) is 94.6 Å². The average Bonchev–Trinajstić information content (AvgIpc) is 2.74. The van der Waals surface area contributed by atoms with Crippen LogP contribution in [0.4, 0.5) is 13.2 Å². The van der Waals surface area contributed by atoms with Gasteiger partial charge in [-0.05, 0) is 49.7 Å². The van der Waals surface area contributed by atoms with E-state index in [4.69, 9.17) is 19.9 Å². The summed E-state index contributed by atoms with van der Waals surface area (Å²) in [4.78, 5) is 12.5. The van der Waals surface area contributed by atoms with Gasteiger partial charge >= 0.3 is 5.97 Å². The van der Waals surface area contributed by atoms with Crippen LogP contribution in [0, 0.1) is 28.8 Å². The second kappa shape index (κ2) is 9.47. The van der Waals surface area contributed by atoms with Crippen LogP contribution in [-0.2, 0) is 20.9 Å². The van der Waals surface area contributed by atoms with Gasteiger partial charge in [0.2, 0.25) is 5.88 Å². The van der Waals surface area contributed by atoms with E-state index in [0.29, 0.717) is 0 Å².